The summed E-state index contributed by atoms with van der Waals surface area (Å²) in [5.74, 6) is -1.00. The summed E-state index contributed by atoms with van der Waals surface area (Å²) in [5.41, 5.74) is 0.294. The molecule has 0 atom stereocenters. The second-order valence-corrected chi connectivity index (χ2v) is 9.08. The molecule has 2 aliphatic heterocycles. The summed E-state index contributed by atoms with van der Waals surface area (Å²) in [5, 5.41) is 2.98. The van der Waals surface area contributed by atoms with Gasteiger partial charge in [-0.1, -0.05) is 13.3 Å². The Balaban J connectivity index is 1.59. The lowest BCUT2D eigenvalue weighted by molar-refractivity contribution is 0.0507. The fourth-order valence-electron chi connectivity index (χ4n) is 3.86. The van der Waals surface area contributed by atoms with E-state index in [2.05, 4.69) is 5.32 Å². The van der Waals surface area contributed by atoms with Gasteiger partial charge in [0.05, 0.1) is 17.7 Å². The van der Waals surface area contributed by atoms with Gasteiger partial charge in [0.1, 0.15) is 0 Å². The Hall–Kier alpha value is -2.90. The summed E-state index contributed by atoms with van der Waals surface area (Å²) >= 11 is 0. The van der Waals surface area contributed by atoms with Crippen molar-refractivity contribution >= 4 is 23.8 Å². The average Bonchev–Trinajstić information content (AvgIpc) is 2.98. The van der Waals surface area contributed by atoms with Gasteiger partial charge in [-0.05, 0) is 58.2 Å². The van der Waals surface area contributed by atoms with E-state index < -0.39 is 5.54 Å². The molecule has 0 unspecified atom stereocenters. The molecule has 31 heavy (non-hydrogen) atoms. The van der Waals surface area contributed by atoms with Gasteiger partial charge in [0.25, 0.3) is 17.7 Å². The fraction of sp³-hybridized carbons (Fsp3) is 0.565. The van der Waals surface area contributed by atoms with Crippen LogP contribution < -0.4 is 5.32 Å². The van der Waals surface area contributed by atoms with Crippen LogP contribution in [-0.2, 0) is 4.74 Å². The molecule has 0 aliphatic carbocycles. The highest BCUT2D eigenvalue weighted by Crippen LogP contribution is 2.30. The molecule has 4 amide bonds. The van der Waals surface area contributed by atoms with E-state index in [1.807, 2.05) is 6.92 Å². The molecule has 0 spiro atoms. The lowest BCUT2D eigenvalue weighted by Gasteiger charge is -2.31. The van der Waals surface area contributed by atoms with E-state index in [4.69, 9.17) is 4.74 Å². The van der Waals surface area contributed by atoms with Crippen molar-refractivity contribution < 1.29 is 23.9 Å². The predicted molar refractivity (Wildman–Crippen MR) is 115 cm³/mol. The van der Waals surface area contributed by atoms with Crippen molar-refractivity contribution in [2.24, 2.45) is 0 Å². The Morgan fingerprint density at radius 2 is 1.74 bits per heavy atom. The number of hydrogen-bond donors (Lipinski definition) is 1. The van der Waals surface area contributed by atoms with Gasteiger partial charge in [0.2, 0.25) is 0 Å². The number of amides is 4. The number of piperidine rings is 1. The molecular formula is C23H31N3O5. The number of unbranched alkanes of at least 4 members (excludes halogenated alkanes) is 1. The van der Waals surface area contributed by atoms with Crippen LogP contribution in [0, 0.1) is 0 Å². The fourth-order valence-corrected chi connectivity index (χ4v) is 3.86. The van der Waals surface area contributed by atoms with Crippen LogP contribution in [0.25, 0.3) is 0 Å². The third-order valence-corrected chi connectivity index (χ3v) is 5.63. The van der Waals surface area contributed by atoms with Crippen molar-refractivity contribution in [1.29, 1.82) is 0 Å². The van der Waals surface area contributed by atoms with E-state index in [0.717, 1.165) is 12.8 Å². The molecule has 1 saturated heterocycles. The first-order valence-corrected chi connectivity index (χ1v) is 10.9. The van der Waals surface area contributed by atoms with E-state index in [0.29, 0.717) is 43.7 Å². The molecular weight excluding hydrogens is 398 g/mol. The molecule has 0 radical (unpaired) electrons. The van der Waals surface area contributed by atoms with Crippen molar-refractivity contribution in [3.63, 3.8) is 0 Å². The molecule has 168 valence electrons. The third-order valence-electron chi connectivity index (χ3n) is 5.63. The number of fused-ring (bicyclic) bond motifs is 1. The maximum absolute atomic E-state index is 12.7. The number of nitrogens with one attached hydrogen (secondary N) is 1. The van der Waals surface area contributed by atoms with Crippen molar-refractivity contribution in [3.05, 3.63) is 34.9 Å². The van der Waals surface area contributed by atoms with Crippen LogP contribution >= 0.6 is 0 Å². The van der Waals surface area contributed by atoms with E-state index in [9.17, 15) is 19.2 Å². The monoisotopic (exact) mass is 429 g/mol. The number of benzene rings is 1. The largest absolute Gasteiger partial charge is 0.449 e. The minimum absolute atomic E-state index is 0.0659. The van der Waals surface area contributed by atoms with Gasteiger partial charge in [-0.3, -0.25) is 19.3 Å². The number of ether oxygens (including phenoxy) is 1. The zero-order valence-corrected chi connectivity index (χ0v) is 18.7. The molecule has 2 heterocycles. The highest BCUT2D eigenvalue weighted by atomic mass is 16.6. The Bertz CT molecular complexity index is 882. The highest BCUT2D eigenvalue weighted by Gasteiger charge is 2.42. The Morgan fingerprint density at radius 1 is 1.10 bits per heavy atom. The zero-order chi connectivity index (χ0) is 22.8. The molecule has 8 nitrogen and oxygen atoms in total. The molecule has 0 aromatic heterocycles. The highest BCUT2D eigenvalue weighted by molar-refractivity contribution is 6.22. The second kappa shape index (κ2) is 9.08. The number of hydrogen-bond acceptors (Lipinski definition) is 5. The number of carbonyl (C=O) groups is 4. The van der Waals surface area contributed by atoms with Crippen LogP contribution in [-0.4, -0.2) is 64.9 Å². The maximum Gasteiger partial charge on any atom is 0.409 e. The summed E-state index contributed by atoms with van der Waals surface area (Å²) in [6.07, 6.45) is 2.78. The average molecular weight is 430 g/mol. The molecule has 1 aromatic rings. The van der Waals surface area contributed by atoms with Gasteiger partial charge < -0.3 is 15.0 Å². The third kappa shape index (κ3) is 4.89. The molecule has 1 fully saturated rings. The summed E-state index contributed by atoms with van der Waals surface area (Å²) in [7, 11) is 0. The first kappa shape index (κ1) is 22.8. The lowest BCUT2D eigenvalue weighted by Crippen LogP contribution is -2.46. The van der Waals surface area contributed by atoms with Gasteiger partial charge in [0.15, 0.2) is 0 Å². The quantitative estimate of drug-likeness (QED) is 0.573. The summed E-state index contributed by atoms with van der Waals surface area (Å²) in [6.45, 7) is 8.91. The topological polar surface area (TPSA) is 96.0 Å². The van der Waals surface area contributed by atoms with Crippen molar-refractivity contribution in [2.75, 3.05) is 19.7 Å². The molecule has 0 saturated carbocycles. The van der Waals surface area contributed by atoms with Crippen LogP contribution in [0.5, 0.6) is 0 Å². The van der Waals surface area contributed by atoms with E-state index in [-0.39, 0.29) is 35.4 Å². The van der Waals surface area contributed by atoms with Crippen molar-refractivity contribution in [2.45, 2.75) is 65.0 Å². The van der Waals surface area contributed by atoms with Gasteiger partial charge in [0, 0.05) is 30.2 Å². The van der Waals surface area contributed by atoms with Gasteiger partial charge >= 0.3 is 6.09 Å². The minimum atomic E-state index is -0.638. The SMILES string of the molecule is CCCCOC(=O)N1CCC(NC(=O)c2ccc3c(c2)C(=O)N(C(C)(C)C)C3=O)CC1. The van der Waals surface area contributed by atoms with Crippen molar-refractivity contribution in [1.82, 2.24) is 15.1 Å². The Kier molecular flexibility index (Phi) is 6.67. The normalized spacial score (nSPS) is 17.0. The Labute approximate surface area is 182 Å². The summed E-state index contributed by atoms with van der Waals surface area (Å²) in [4.78, 5) is 53.0. The van der Waals surface area contributed by atoms with Crippen LogP contribution in [0.15, 0.2) is 18.2 Å². The molecule has 1 aromatic carbocycles. The van der Waals surface area contributed by atoms with Crippen LogP contribution in [0.4, 0.5) is 4.79 Å². The molecule has 1 N–H and O–H groups in total. The van der Waals surface area contributed by atoms with Gasteiger partial charge in [-0.15, -0.1) is 0 Å². The molecule has 3 rings (SSSR count). The van der Waals surface area contributed by atoms with E-state index >= 15 is 0 Å². The van der Waals surface area contributed by atoms with Crippen molar-refractivity contribution in [3.8, 4) is 0 Å². The number of carbonyl (C=O) groups excluding carboxylic acids is 4. The smallest absolute Gasteiger partial charge is 0.409 e. The summed E-state index contributed by atoms with van der Waals surface area (Å²) in [6, 6.07) is 4.55. The van der Waals surface area contributed by atoms with Crippen LogP contribution in [0.3, 0.4) is 0 Å². The first-order chi connectivity index (χ1) is 14.6. The van der Waals surface area contributed by atoms with Gasteiger partial charge in [-0.2, -0.15) is 0 Å². The molecule has 8 heteroatoms. The van der Waals surface area contributed by atoms with Crippen LogP contribution in [0.2, 0.25) is 0 Å². The van der Waals surface area contributed by atoms with Gasteiger partial charge in [-0.25, -0.2) is 4.79 Å². The Morgan fingerprint density at radius 3 is 2.35 bits per heavy atom. The number of nitrogens with zero attached hydrogens (tertiary/aromatic N) is 2. The van der Waals surface area contributed by atoms with E-state index in [1.165, 1.54) is 11.0 Å². The van der Waals surface area contributed by atoms with E-state index in [1.54, 1.807) is 37.8 Å². The second-order valence-electron chi connectivity index (χ2n) is 9.08. The maximum atomic E-state index is 12.7. The molecule has 0 bridgehead atoms. The standard InChI is InChI=1S/C23H31N3O5/c1-5-6-13-31-22(30)25-11-9-16(10-12-25)24-19(27)15-7-8-17-18(14-15)21(29)26(20(17)28)23(2,3)4/h7-8,14,16H,5-6,9-13H2,1-4H3,(H,24,27). The number of rotatable bonds is 5. The minimum Gasteiger partial charge on any atom is -0.449 e. The lowest BCUT2D eigenvalue weighted by atomic mass is 10.0. The summed E-state index contributed by atoms with van der Waals surface area (Å²) < 4.78 is 5.24. The van der Waals surface area contributed by atoms with Crippen LogP contribution in [0.1, 0.15) is 84.5 Å². The first-order valence-electron chi connectivity index (χ1n) is 10.9. The number of imide groups is 1. The number of likely N-dealkylation sites (tertiary alicyclic amines) is 1. The zero-order valence-electron chi connectivity index (χ0n) is 18.7. The molecule has 2 aliphatic rings. The predicted octanol–water partition coefficient (Wildman–Crippen LogP) is 3.21.